The molecule has 2 aromatic carbocycles. The molecule has 0 spiro atoms. The normalized spacial score (nSPS) is 11.2. The van der Waals surface area contributed by atoms with Gasteiger partial charge in [-0.2, -0.15) is 0 Å². The van der Waals surface area contributed by atoms with Crippen LogP contribution in [0.2, 0.25) is 0 Å². The highest BCUT2D eigenvalue weighted by molar-refractivity contribution is 5.73. The SMILES string of the molecule is N[C@@H](Cc1ccc(O)c(O)c1)C(=O)O.Nc1ccc(O)c(O)c1. The summed E-state index contributed by atoms with van der Waals surface area (Å²) in [7, 11) is 0. The first kappa shape index (κ1) is 17.9. The predicted molar refractivity (Wildman–Crippen MR) is 83.3 cm³/mol. The van der Waals surface area contributed by atoms with Crippen LogP contribution >= 0.6 is 0 Å². The maximum Gasteiger partial charge on any atom is 0.320 e. The molecule has 2 rings (SSSR count). The molecule has 0 aliphatic carbocycles. The molecule has 0 aliphatic rings. The third kappa shape index (κ3) is 5.64. The van der Waals surface area contributed by atoms with Gasteiger partial charge in [0.15, 0.2) is 23.0 Å². The number of nitrogen functional groups attached to an aromatic ring is 1. The molecule has 0 fully saturated rings. The molecule has 0 bridgehead atoms. The molecule has 8 heteroatoms. The predicted octanol–water partition coefficient (Wildman–Crippen LogP) is 0.732. The number of benzene rings is 2. The zero-order chi connectivity index (χ0) is 17.6. The number of aliphatic carboxylic acids is 1. The fourth-order valence-electron chi connectivity index (χ4n) is 1.58. The lowest BCUT2D eigenvalue weighted by molar-refractivity contribution is -0.138. The third-order valence-electron chi connectivity index (χ3n) is 2.81. The van der Waals surface area contributed by atoms with Gasteiger partial charge in [0, 0.05) is 11.8 Å². The minimum Gasteiger partial charge on any atom is -0.504 e. The van der Waals surface area contributed by atoms with E-state index < -0.39 is 12.0 Å². The molecule has 0 aliphatic heterocycles. The first-order chi connectivity index (χ1) is 10.7. The number of carboxylic acid groups (broad SMARTS) is 1. The summed E-state index contributed by atoms with van der Waals surface area (Å²) in [4.78, 5) is 10.4. The van der Waals surface area contributed by atoms with E-state index in [2.05, 4.69) is 0 Å². The molecule has 0 saturated carbocycles. The van der Waals surface area contributed by atoms with Gasteiger partial charge in [0.05, 0.1) is 0 Å². The number of carbonyl (C=O) groups is 1. The van der Waals surface area contributed by atoms with Crippen molar-refractivity contribution in [2.45, 2.75) is 12.5 Å². The van der Waals surface area contributed by atoms with E-state index in [1.807, 2.05) is 0 Å². The largest absolute Gasteiger partial charge is 0.504 e. The number of anilines is 1. The van der Waals surface area contributed by atoms with E-state index in [1.165, 1.54) is 36.4 Å². The summed E-state index contributed by atoms with van der Waals surface area (Å²) >= 11 is 0. The Bertz CT molecular complexity index is 690. The minimum atomic E-state index is -1.10. The molecular weight excluding hydrogens is 304 g/mol. The summed E-state index contributed by atoms with van der Waals surface area (Å²) in [5.41, 5.74) is 11.5. The van der Waals surface area contributed by atoms with Crippen molar-refractivity contribution in [1.29, 1.82) is 0 Å². The Labute approximate surface area is 131 Å². The molecule has 0 radical (unpaired) electrons. The number of aromatic hydroxyl groups is 4. The Morgan fingerprint density at radius 3 is 1.87 bits per heavy atom. The van der Waals surface area contributed by atoms with Crippen molar-refractivity contribution in [1.82, 2.24) is 0 Å². The number of hydrogen-bond donors (Lipinski definition) is 7. The maximum absolute atomic E-state index is 10.4. The molecule has 0 amide bonds. The van der Waals surface area contributed by atoms with Gasteiger partial charge in [-0.05, 0) is 36.2 Å². The summed E-state index contributed by atoms with van der Waals surface area (Å²) < 4.78 is 0. The topological polar surface area (TPSA) is 170 Å². The van der Waals surface area contributed by atoms with Crippen molar-refractivity contribution in [3.8, 4) is 23.0 Å². The van der Waals surface area contributed by atoms with Crippen LogP contribution in [0.25, 0.3) is 0 Å². The highest BCUT2D eigenvalue weighted by Crippen LogP contribution is 2.26. The van der Waals surface area contributed by atoms with Crippen LogP contribution in [-0.2, 0) is 11.2 Å². The number of phenolic OH excluding ortho intramolecular Hbond substituents is 4. The highest BCUT2D eigenvalue weighted by Gasteiger charge is 2.12. The summed E-state index contributed by atoms with van der Waals surface area (Å²) in [5.74, 6) is -1.95. The Morgan fingerprint density at radius 2 is 1.43 bits per heavy atom. The molecule has 9 N–H and O–H groups in total. The number of carboxylic acids is 1. The van der Waals surface area contributed by atoms with Crippen LogP contribution in [-0.4, -0.2) is 37.5 Å². The van der Waals surface area contributed by atoms with Crippen LogP contribution < -0.4 is 11.5 Å². The van der Waals surface area contributed by atoms with E-state index >= 15 is 0 Å². The quantitative estimate of drug-likeness (QED) is 0.246. The van der Waals surface area contributed by atoms with Crippen molar-refractivity contribution in [3.63, 3.8) is 0 Å². The third-order valence-corrected chi connectivity index (χ3v) is 2.81. The highest BCUT2D eigenvalue weighted by atomic mass is 16.4. The molecule has 0 saturated heterocycles. The van der Waals surface area contributed by atoms with Crippen molar-refractivity contribution in [3.05, 3.63) is 42.0 Å². The average Bonchev–Trinajstić information content (AvgIpc) is 2.47. The summed E-state index contributed by atoms with van der Waals surface area (Å²) in [6, 6.07) is 7.23. The first-order valence-corrected chi connectivity index (χ1v) is 6.47. The Morgan fingerprint density at radius 1 is 0.913 bits per heavy atom. The van der Waals surface area contributed by atoms with Crippen LogP contribution in [0.15, 0.2) is 36.4 Å². The summed E-state index contributed by atoms with van der Waals surface area (Å²) in [5, 5.41) is 44.1. The van der Waals surface area contributed by atoms with Gasteiger partial charge in [0.2, 0.25) is 0 Å². The van der Waals surface area contributed by atoms with Crippen molar-refractivity contribution in [2.24, 2.45) is 5.73 Å². The average molecular weight is 322 g/mol. The number of phenols is 4. The second kappa shape index (κ2) is 7.76. The van der Waals surface area contributed by atoms with Crippen LogP contribution in [0, 0.1) is 0 Å². The molecule has 0 unspecified atom stereocenters. The van der Waals surface area contributed by atoms with Crippen molar-refractivity contribution in [2.75, 3.05) is 5.73 Å². The van der Waals surface area contributed by atoms with Gasteiger partial charge in [-0.15, -0.1) is 0 Å². The molecule has 1 atom stereocenters. The lowest BCUT2D eigenvalue weighted by atomic mass is 10.1. The first-order valence-electron chi connectivity index (χ1n) is 6.47. The second-order valence-corrected chi connectivity index (χ2v) is 4.72. The second-order valence-electron chi connectivity index (χ2n) is 4.72. The smallest absolute Gasteiger partial charge is 0.320 e. The Balaban J connectivity index is 0.000000253. The number of hydrogen-bond acceptors (Lipinski definition) is 7. The van der Waals surface area contributed by atoms with E-state index in [1.54, 1.807) is 0 Å². The van der Waals surface area contributed by atoms with E-state index in [0.717, 1.165) is 0 Å². The van der Waals surface area contributed by atoms with Gasteiger partial charge in [-0.3, -0.25) is 4.79 Å². The summed E-state index contributed by atoms with van der Waals surface area (Å²) in [6.07, 6.45) is 0.114. The molecule has 23 heavy (non-hydrogen) atoms. The Hall–Kier alpha value is -3.13. The van der Waals surface area contributed by atoms with Crippen LogP contribution in [0.3, 0.4) is 0 Å². The monoisotopic (exact) mass is 322 g/mol. The molecule has 2 aromatic rings. The van der Waals surface area contributed by atoms with Gasteiger partial charge in [-0.1, -0.05) is 6.07 Å². The van der Waals surface area contributed by atoms with Gasteiger partial charge < -0.3 is 37.0 Å². The van der Waals surface area contributed by atoms with Crippen molar-refractivity contribution >= 4 is 11.7 Å². The van der Waals surface area contributed by atoms with Gasteiger partial charge in [-0.25, -0.2) is 0 Å². The van der Waals surface area contributed by atoms with Gasteiger partial charge >= 0.3 is 5.97 Å². The van der Waals surface area contributed by atoms with E-state index in [4.69, 9.17) is 37.0 Å². The standard InChI is InChI=1S/C9H11NO4.C6H7NO2/c10-6(9(13)14)3-5-1-2-7(11)8(12)4-5;7-4-1-2-5(8)6(9)3-4/h1-2,4,6,11-12H,3,10H2,(H,13,14);1-3,8-9H,7H2/t6-;/m0./s1. The molecule has 0 heterocycles. The zero-order valence-electron chi connectivity index (χ0n) is 12.0. The van der Waals surface area contributed by atoms with E-state index in [9.17, 15) is 4.79 Å². The fourth-order valence-corrected chi connectivity index (χ4v) is 1.58. The molecule has 8 nitrogen and oxygen atoms in total. The number of nitrogens with two attached hydrogens (primary N) is 2. The van der Waals surface area contributed by atoms with Crippen LogP contribution in [0.1, 0.15) is 5.56 Å². The van der Waals surface area contributed by atoms with Gasteiger partial charge in [0.1, 0.15) is 6.04 Å². The number of rotatable bonds is 3. The molecular formula is C15H18N2O6. The Kier molecular flexibility index (Phi) is 6.04. The van der Waals surface area contributed by atoms with E-state index in [0.29, 0.717) is 11.3 Å². The fraction of sp³-hybridized carbons (Fsp3) is 0.133. The van der Waals surface area contributed by atoms with E-state index in [-0.39, 0.29) is 29.4 Å². The zero-order valence-corrected chi connectivity index (χ0v) is 12.0. The van der Waals surface area contributed by atoms with Crippen molar-refractivity contribution < 1.29 is 30.3 Å². The summed E-state index contributed by atoms with van der Waals surface area (Å²) in [6.45, 7) is 0. The van der Waals surface area contributed by atoms with Gasteiger partial charge in [0.25, 0.3) is 0 Å². The molecule has 124 valence electrons. The lowest BCUT2D eigenvalue weighted by Gasteiger charge is -2.06. The van der Waals surface area contributed by atoms with Crippen LogP contribution in [0.5, 0.6) is 23.0 Å². The minimum absolute atomic E-state index is 0.114. The van der Waals surface area contributed by atoms with Crippen LogP contribution in [0.4, 0.5) is 5.69 Å². The maximum atomic E-state index is 10.4. The lowest BCUT2D eigenvalue weighted by Crippen LogP contribution is -2.32. The molecule has 0 aromatic heterocycles.